The van der Waals surface area contributed by atoms with Gasteiger partial charge in [-0.1, -0.05) is 18.2 Å². The minimum Gasteiger partial charge on any atom is -0.301 e. The third kappa shape index (κ3) is 3.21. The normalized spacial score (nSPS) is 20.1. The van der Waals surface area contributed by atoms with Crippen LogP contribution < -0.4 is 5.32 Å². The van der Waals surface area contributed by atoms with Crippen LogP contribution in [-0.2, 0) is 20.6 Å². The number of sulfonamides is 1. The molecule has 25 heavy (non-hydrogen) atoms. The van der Waals surface area contributed by atoms with Crippen LogP contribution in [0.25, 0.3) is 11.3 Å². The molecular weight excluding hydrogens is 378 g/mol. The highest BCUT2D eigenvalue weighted by Gasteiger charge is 2.37. The van der Waals surface area contributed by atoms with E-state index in [2.05, 4.69) is 16.4 Å². The molecule has 1 fully saturated rings. The van der Waals surface area contributed by atoms with Crippen molar-refractivity contribution in [1.82, 2.24) is 9.29 Å². The van der Waals surface area contributed by atoms with Gasteiger partial charge in [0, 0.05) is 27.6 Å². The number of carbonyl (C=O) groups excluding carboxylic acids is 1. The van der Waals surface area contributed by atoms with Gasteiger partial charge in [0.25, 0.3) is 0 Å². The first-order valence-electron chi connectivity index (χ1n) is 7.93. The van der Waals surface area contributed by atoms with Gasteiger partial charge in [0.15, 0.2) is 5.13 Å². The molecule has 1 atom stereocenters. The van der Waals surface area contributed by atoms with E-state index in [4.69, 9.17) is 0 Å². The molecule has 0 aliphatic carbocycles. The second-order valence-corrected chi connectivity index (χ2v) is 10.1. The van der Waals surface area contributed by atoms with Gasteiger partial charge in [-0.2, -0.15) is 4.31 Å². The molecule has 1 amide bonds. The molecule has 0 radical (unpaired) electrons. The summed E-state index contributed by atoms with van der Waals surface area (Å²) in [6, 6.07) is 7.45. The Labute approximate surface area is 154 Å². The maximum absolute atomic E-state index is 12.6. The highest BCUT2D eigenvalue weighted by atomic mass is 32.2. The van der Waals surface area contributed by atoms with Crippen LogP contribution in [0, 0.1) is 0 Å². The Morgan fingerprint density at radius 2 is 2.16 bits per heavy atom. The fourth-order valence-electron chi connectivity index (χ4n) is 3.23. The Hall–Kier alpha value is -1.42. The van der Waals surface area contributed by atoms with Crippen LogP contribution in [-0.4, -0.2) is 42.5 Å². The zero-order chi connectivity index (χ0) is 17.6. The highest BCUT2D eigenvalue weighted by molar-refractivity contribution is 7.98. The molecule has 2 aliphatic heterocycles. The van der Waals surface area contributed by atoms with E-state index in [1.54, 1.807) is 11.8 Å². The van der Waals surface area contributed by atoms with E-state index < -0.39 is 16.1 Å². The minimum absolute atomic E-state index is 0.296. The van der Waals surface area contributed by atoms with Crippen molar-refractivity contribution in [2.75, 3.05) is 18.1 Å². The third-order valence-corrected chi connectivity index (χ3v) is 7.90. The summed E-state index contributed by atoms with van der Waals surface area (Å²) < 4.78 is 24.9. The van der Waals surface area contributed by atoms with Gasteiger partial charge in [0.2, 0.25) is 15.9 Å². The van der Waals surface area contributed by atoms with E-state index in [1.807, 2.05) is 18.2 Å². The number of thioether (sulfide) groups is 1. The van der Waals surface area contributed by atoms with E-state index >= 15 is 0 Å². The second kappa shape index (κ2) is 6.39. The van der Waals surface area contributed by atoms with Crippen molar-refractivity contribution in [1.29, 1.82) is 0 Å². The van der Waals surface area contributed by atoms with E-state index in [-0.39, 0.29) is 5.91 Å². The largest absolute Gasteiger partial charge is 0.301 e. The van der Waals surface area contributed by atoms with Crippen molar-refractivity contribution in [2.24, 2.45) is 0 Å². The van der Waals surface area contributed by atoms with Crippen LogP contribution in [0.1, 0.15) is 17.7 Å². The number of hydrogen-bond acceptors (Lipinski definition) is 6. The summed E-state index contributed by atoms with van der Waals surface area (Å²) in [6.45, 7) is 0.398. The number of anilines is 1. The highest BCUT2D eigenvalue weighted by Crippen LogP contribution is 2.44. The maximum Gasteiger partial charge on any atom is 0.244 e. The summed E-state index contributed by atoms with van der Waals surface area (Å²) in [5.41, 5.74) is 2.00. The van der Waals surface area contributed by atoms with Crippen LogP contribution in [0.2, 0.25) is 0 Å². The van der Waals surface area contributed by atoms with Crippen molar-refractivity contribution in [3.8, 4) is 11.3 Å². The molecule has 4 rings (SSSR count). The first-order valence-corrected chi connectivity index (χ1v) is 11.6. The molecule has 0 spiro atoms. The number of thiazole rings is 1. The van der Waals surface area contributed by atoms with E-state index in [1.165, 1.54) is 20.5 Å². The summed E-state index contributed by atoms with van der Waals surface area (Å²) in [5.74, 6) is 0.536. The predicted octanol–water partition coefficient (Wildman–Crippen LogP) is 2.78. The first-order chi connectivity index (χ1) is 11.9. The lowest BCUT2D eigenvalue weighted by Crippen LogP contribution is -2.42. The second-order valence-electron chi connectivity index (χ2n) is 6.10. The van der Waals surface area contributed by atoms with Gasteiger partial charge in [-0.05, 0) is 18.9 Å². The lowest BCUT2D eigenvalue weighted by Gasteiger charge is -2.20. The number of benzene rings is 1. The smallest absolute Gasteiger partial charge is 0.244 e. The van der Waals surface area contributed by atoms with Crippen LogP contribution >= 0.6 is 23.1 Å². The van der Waals surface area contributed by atoms with Gasteiger partial charge in [-0.3, -0.25) is 4.79 Å². The van der Waals surface area contributed by atoms with Crippen molar-refractivity contribution in [3.05, 3.63) is 29.1 Å². The average Bonchev–Trinajstić information content (AvgIpc) is 3.21. The molecule has 2 aromatic rings. The number of aromatic nitrogens is 1. The zero-order valence-electron chi connectivity index (χ0n) is 13.6. The van der Waals surface area contributed by atoms with Crippen molar-refractivity contribution in [3.63, 3.8) is 0 Å². The van der Waals surface area contributed by atoms with Gasteiger partial charge >= 0.3 is 0 Å². The van der Waals surface area contributed by atoms with E-state index in [0.717, 1.165) is 28.1 Å². The van der Waals surface area contributed by atoms with Crippen LogP contribution in [0.5, 0.6) is 0 Å². The molecule has 1 N–H and O–H groups in total. The van der Waals surface area contributed by atoms with Crippen LogP contribution in [0.4, 0.5) is 5.13 Å². The Kier molecular flexibility index (Phi) is 4.35. The van der Waals surface area contributed by atoms with Crippen molar-refractivity contribution < 1.29 is 13.2 Å². The Balaban J connectivity index is 1.57. The SMILES string of the molecule is CS(=O)(=O)N1CCCC1C(=O)Nc1nc2c(s1)CSc1ccccc1-2. The average molecular weight is 396 g/mol. The van der Waals surface area contributed by atoms with Crippen LogP contribution in [0.3, 0.4) is 0 Å². The number of hydrogen-bond donors (Lipinski definition) is 1. The van der Waals surface area contributed by atoms with Gasteiger partial charge in [-0.15, -0.1) is 23.1 Å². The third-order valence-electron chi connectivity index (χ3n) is 4.36. The summed E-state index contributed by atoms with van der Waals surface area (Å²) in [7, 11) is -3.38. The Bertz CT molecular complexity index is 939. The van der Waals surface area contributed by atoms with Gasteiger partial charge in [0.05, 0.1) is 11.9 Å². The molecule has 0 bridgehead atoms. The number of amides is 1. The number of fused-ring (bicyclic) bond motifs is 3. The molecular formula is C16H17N3O3S3. The molecule has 1 saturated heterocycles. The molecule has 132 valence electrons. The monoisotopic (exact) mass is 395 g/mol. The molecule has 1 aromatic carbocycles. The molecule has 0 saturated carbocycles. The fourth-order valence-corrected chi connectivity index (χ4v) is 6.46. The van der Waals surface area contributed by atoms with Crippen molar-refractivity contribution in [2.45, 2.75) is 29.5 Å². The van der Waals surface area contributed by atoms with E-state index in [9.17, 15) is 13.2 Å². The lowest BCUT2D eigenvalue weighted by molar-refractivity contribution is -0.119. The summed E-state index contributed by atoms with van der Waals surface area (Å²) in [6.07, 6.45) is 2.39. The molecule has 9 heteroatoms. The quantitative estimate of drug-likeness (QED) is 0.864. The maximum atomic E-state index is 12.6. The molecule has 3 heterocycles. The van der Waals surface area contributed by atoms with Gasteiger partial charge < -0.3 is 5.32 Å². The Morgan fingerprint density at radius 3 is 2.96 bits per heavy atom. The predicted molar refractivity (Wildman–Crippen MR) is 100 cm³/mol. The van der Waals surface area contributed by atoms with Gasteiger partial charge in [-0.25, -0.2) is 13.4 Å². The first kappa shape index (κ1) is 17.0. The van der Waals surface area contributed by atoms with Crippen molar-refractivity contribution >= 4 is 44.2 Å². The standard InChI is InChI=1S/C16H17N3O3S3/c1-25(21,22)19-8-4-6-11(19)15(20)18-16-17-14-10-5-2-3-7-12(10)23-9-13(14)24-16/h2-3,5,7,11H,4,6,8-9H2,1H3,(H,17,18,20). The number of rotatable bonds is 3. The summed E-state index contributed by atoms with van der Waals surface area (Å²) >= 11 is 3.23. The lowest BCUT2D eigenvalue weighted by atomic mass is 10.1. The molecule has 1 aromatic heterocycles. The fraction of sp³-hybridized carbons (Fsp3) is 0.375. The van der Waals surface area contributed by atoms with E-state index in [0.29, 0.717) is 24.5 Å². The summed E-state index contributed by atoms with van der Waals surface area (Å²) in [5, 5.41) is 3.36. The van der Waals surface area contributed by atoms with Crippen LogP contribution in [0.15, 0.2) is 29.2 Å². The molecule has 1 unspecified atom stereocenters. The number of nitrogens with zero attached hydrogens (tertiary/aromatic N) is 2. The topological polar surface area (TPSA) is 79.4 Å². The van der Waals surface area contributed by atoms with Gasteiger partial charge in [0.1, 0.15) is 6.04 Å². The number of carbonyl (C=O) groups is 1. The Morgan fingerprint density at radius 1 is 1.36 bits per heavy atom. The number of nitrogens with one attached hydrogen (secondary N) is 1. The summed E-state index contributed by atoms with van der Waals surface area (Å²) in [4.78, 5) is 19.5. The minimum atomic E-state index is -3.38. The molecule has 6 nitrogen and oxygen atoms in total. The molecule has 2 aliphatic rings. The zero-order valence-corrected chi connectivity index (χ0v) is 16.0.